The van der Waals surface area contributed by atoms with E-state index in [1.807, 2.05) is 0 Å². The van der Waals surface area contributed by atoms with E-state index in [2.05, 4.69) is 15.3 Å². The molecule has 1 saturated heterocycles. The number of anilines is 2. The molecule has 3 aromatic rings. The molecule has 0 spiro atoms. The first-order valence-electron chi connectivity index (χ1n) is 10.1. The molecule has 2 amide bonds. The Morgan fingerprint density at radius 1 is 1.12 bits per heavy atom. The SMILES string of the molecule is O=C1COCC(=O)N1CCCOCOc1ccc2c(Nc3ccc(Cl)cc3F)ncnc2c1. The van der Waals surface area contributed by atoms with E-state index in [0.717, 1.165) is 0 Å². The van der Waals surface area contributed by atoms with Crippen molar-refractivity contribution < 1.29 is 28.2 Å². The lowest BCUT2D eigenvalue weighted by molar-refractivity contribution is -0.158. The van der Waals surface area contributed by atoms with Gasteiger partial charge in [0.15, 0.2) is 6.79 Å². The molecule has 33 heavy (non-hydrogen) atoms. The maximum absolute atomic E-state index is 14.1. The summed E-state index contributed by atoms with van der Waals surface area (Å²) in [6.45, 7) is 0.426. The molecule has 0 saturated carbocycles. The number of morpholine rings is 1. The average Bonchev–Trinajstić information content (AvgIpc) is 2.79. The highest BCUT2D eigenvalue weighted by molar-refractivity contribution is 6.30. The maximum Gasteiger partial charge on any atom is 0.255 e. The first kappa shape index (κ1) is 22.8. The second-order valence-corrected chi connectivity index (χ2v) is 7.54. The van der Waals surface area contributed by atoms with Gasteiger partial charge in [0.2, 0.25) is 0 Å². The Bertz CT molecular complexity index is 1160. The average molecular weight is 475 g/mol. The number of nitrogens with one attached hydrogen (secondary N) is 1. The van der Waals surface area contributed by atoms with Crippen molar-refractivity contribution in [2.45, 2.75) is 6.42 Å². The number of hydrogen-bond donors (Lipinski definition) is 1. The molecule has 1 aromatic heterocycles. The first-order valence-corrected chi connectivity index (χ1v) is 10.5. The number of amides is 2. The number of ether oxygens (including phenoxy) is 3. The quantitative estimate of drug-likeness (QED) is 0.286. The van der Waals surface area contributed by atoms with Crippen LogP contribution in [0.3, 0.4) is 0 Å². The van der Waals surface area contributed by atoms with Crippen LogP contribution in [0.1, 0.15) is 6.42 Å². The minimum absolute atomic E-state index is 0.0112. The summed E-state index contributed by atoms with van der Waals surface area (Å²) in [5.41, 5.74) is 0.845. The van der Waals surface area contributed by atoms with E-state index in [-0.39, 0.29) is 44.1 Å². The topological polar surface area (TPSA) is 103 Å². The summed E-state index contributed by atoms with van der Waals surface area (Å²) in [7, 11) is 0. The van der Waals surface area contributed by atoms with Crippen LogP contribution in [0.15, 0.2) is 42.7 Å². The molecule has 11 heteroatoms. The molecular formula is C22H20ClFN4O5. The fourth-order valence-electron chi connectivity index (χ4n) is 3.21. The number of hydrogen-bond acceptors (Lipinski definition) is 8. The van der Waals surface area contributed by atoms with E-state index >= 15 is 0 Å². The third-order valence-corrected chi connectivity index (χ3v) is 5.06. The van der Waals surface area contributed by atoms with Gasteiger partial charge in [0.1, 0.15) is 36.9 Å². The van der Waals surface area contributed by atoms with Crippen LogP contribution in [0.2, 0.25) is 5.02 Å². The Morgan fingerprint density at radius 3 is 2.73 bits per heavy atom. The maximum atomic E-state index is 14.1. The number of aromatic nitrogens is 2. The predicted octanol–water partition coefficient (Wildman–Crippen LogP) is 3.29. The van der Waals surface area contributed by atoms with Gasteiger partial charge in [-0.15, -0.1) is 0 Å². The van der Waals surface area contributed by atoms with Gasteiger partial charge in [0.25, 0.3) is 11.8 Å². The molecule has 2 aromatic carbocycles. The van der Waals surface area contributed by atoms with E-state index in [4.69, 9.17) is 25.8 Å². The van der Waals surface area contributed by atoms with Crippen LogP contribution in [0.4, 0.5) is 15.9 Å². The van der Waals surface area contributed by atoms with E-state index in [0.29, 0.717) is 40.5 Å². The van der Waals surface area contributed by atoms with Gasteiger partial charge in [-0.05, 0) is 36.8 Å². The fraction of sp³-hybridized carbons (Fsp3) is 0.273. The molecule has 0 aliphatic carbocycles. The van der Waals surface area contributed by atoms with Crippen LogP contribution in [-0.4, -0.2) is 59.8 Å². The third-order valence-electron chi connectivity index (χ3n) is 4.82. The van der Waals surface area contributed by atoms with Crippen molar-refractivity contribution in [2.24, 2.45) is 0 Å². The Balaban J connectivity index is 1.29. The molecule has 1 aliphatic heterocycles. The normalized spacial score (nSPS) is 14.1. The lowest BCUT2D eigenvalue weighted by Crippen LogP contribution is -2.46. The van der Waals surface area contributed by atoms with Crippen molar-refractivity contribution >= 4 is 45.8 Å². The number of carbonyl (C=O) groups excluding carboxylic acids is 2. The predicted molar refractivity (Wildman–Crippen MR) is 118 cm³/mol. The van der Waals surface area contributed by atoms with Gasteiger partial charge in [0, 0.05) is 23.0 Å². The minimum atomic E-state index is -0.492. The molecule has 0 atom stereocenters. The zero-order chi connectivity index (χ0) is 23.2. The molecule has 0 unspecified atom stereocenters. The smallest absolute Gasteiger partial charge is 0.255 e. The Morgan fingerprint density at radius 2 is 1.94 bits per heavy atom. The van der Waals surface area contributed by atoms with E-state index in [1.54, 1.807) is 24.3 Å². The lowest BCUT2D eigenvalue weighted by atomic mass is 10.2. The van der Waals surface area contributed by atoms with Crippen molar-refractivity contribution in [1.82, 2.24) is 14.9 Å². The summed E-state index contributed by atoms with van der Waals surface area (Å²) >= 11 is 5.80. The number of benzene rings is 2. The highest BCUT2D eigenvalue weighted by Crippen LogP contribution is 2.28. The summed E-state index contributed by atoms with van der Waals surface area (Å²) in [5.74, 6) is -0.199. The Kier molecular flexibility index (Phi) is 7.28. The zero-order valence-corrected chi connectivity index (χ0v) is 18.2. The number of rotatable bonds is 9. The third kappa shape index (κ3) is 5.72. The monoisotopic (exact) mass is 474 g/mol. The Labute approximate surface area is 193 Å². The summed E-state index contributed by atoms with van der Waals surface area (Å²) < 4.78 is 30.0. The van der Waals surface area contributed by atoms with Crippen molar-refractivity contribution in [2.75, 3.05) is 38.5 Å². The van der Waals surface area contributed by atoms with E-state index in [1.165, 1.54) is 23.4 Å². The van der Waals surface area contributed by atoms with Crippen molar-refractivity contribution in [3.8, 4) is 5.75 Å². The largest absolute Gasteiger partial charge is 0.467 e. The minimum Gasteiger partial charge on any atom is -0.467 e. The van der Waals surface area contributed by atoms with Gasteiger partial charge < -0.3 is 19.5 Å². The second-order valence-electron chi connectivity index (χ2n) is 7.11. The van der Waals surface area contributed by atoms with E-state index in [9.17, 15) is 14.0 Å². The van der Waals surface area contributed by atoms with Gasteiger partial charge in [-0.2, -0.15) is 0 Å². The zero-order valence-electron chi connectivity index (χ0n) is 17.4. The Hall–Kier alpha value is -3.34. The van der Waals surface area contributed by atoms with Crippen molar-refractivity contribution in [1.29, 1.82) is 0 Å². The summed E-state index contributed by atoms with van der Waals surface area (Å²) in [5, 5.41) is 3.94. The van der Waals surface area contributed by atoms with Crippen LogP contribution in [0.5, 0.6) is 5.75 Å². The number of fused-ring (bicyclic) bond motifs is 1. The number of carbonyl (C=O) groups is 2. The van der Waals surface area contributed by atoms with Crippen LogP contribution in [0.25, 0.3) is 10.9 Å². The number of nitrogens with zero attached hydrogens (tertiary/aromatic N) is 3. The molecule has 9 nitrogen and oxygen atoms in total. The van der Waals surface area contributed by atoms with Crippen molar-refractivity contribution in [3.05, 3.63) is 53.6 Å². The molecule has 0 bridgehead atoms. The van der Waals surface area contributed by atoms with Crippen LogP contribution in [-0.2, 0) is 19.1 Å². The summed E-state index contributed by atoms with van der Waals surface area (Å²) in [4.78, 5) is 32.9. The molecule has 1 N–H and O–H groups in total. The second kappa shape index (κ2) is 10.5. The fourth-order valence-corrected chi connectivity index (χ4v) is 3.37. The van der Waals surface area contributed by atoms with Crippen LogP contribution < -0.4 is 10.1 Å². The first-order chi connectivity index (χ1) is 16.0. The van der Waals surface area contributed by atoms with Gasteiger partial charge in [0.05, 0.1) is 17.8 Å². The highest BCUT2D eigenvalue weighted by atomic mass is 35.5. The standard InChI is InChI=1S/C22H20ClFN4O5/c23-14-2-5-18(17(24)8-14)27-22-16-4-3-15(9-19(16)25-12-26-22)33-13-31-7-1-6-28-20(29)10-32-11-21(28)30/h2-5,8-9,12H,1,6-7,10-11,13H2,(H,25,26,27). The lowest BCUT2D eigenvalue weighted by Gasteiger charge is -2.24. The molecule has 1 fully saturated rings. The molecule has 2 heterocycles. The van der Waals surface area contributed by atoms with Crippen LogP contribution in [0, 0.1) is 5.82 Å². The molecular weight excluding hydrogens is 455 g/mol. The van der Waals surface area contributed by atoms with Gasteiger partial charge in [-0.1, -0.05) is 11.6 Å². The van der Waals surface area contributed by atoms with E-state index < -0.39 is 5.82 Å². The molecule has 172 valence electrons. The van der Waals surface area contributed by atoms with Gasteiger partial charge in [-0.3, -0.25) is 14.5 Å². The number of halogens is 2. The summed E-state index contributed by atoms with van der Waals surface area (Å²) in [6, 6.07) is 9.54. The highest BCUT2D eigenvalue weighted by Gasteiger charge is 2.25. The number of imide groups is 1. The van der Waals surface area contributed by atoms with Gasteiger partial charge >= 0.3 is 0 Å². The van der Waals surface area contributed by atoms with Crippen molar-refractivity contribution in [3.63, 3.8) is 0 Å². The summed E-state index contributed by atoms with van der Waals surface area (Å²) in [6.07, 6.45) is 1.86. The molecule has 1 aliphatic rings. The molecule has 0 radical (unpaired) electrons. The molecule has 4 rings (SSSR count). The van der Waals surface area contributed by atoms with Crippen LogP contribution >= 0.6 is 11.6 Å². The van der Waals surface area contributed by atoms with Gasteiger partial charge in [-0.25, -0.2) is 14.4 Å².